The zero-order valence-corrected chi connectivity index (χ0v) is 16.0. The molecule has 0 fully saturated rings. The van der Waals surface area contributed by atoms with Crippen molar-refractivity contribution in [3.05, 3.63) is 104 Å². The van der Waals surface area contributed by atoms with Gasteiger partial charge in [-0.05, 0) is 35.4 Å². The Labute approximate surface area is 163 Å². The lowest BCUT2D eigenvalue weighted by atomic mass is 9.85. The molecule has 0 bridgehead atoms. The summed E-state index contributed by atoms with van der Waals surface area (Å²) in [5.74, 6) is -2.18. The molecule has 0 spiro atoms. The molecule has 138 valence electrons. The summed E-state index contributed by atoms with van der Waals surface area (Å²) in [6.07, 6.45) is 1.45. The fraction of sp³-hybridized carbons (Fsp3) is 0.143. The van der Waals surface area contributed by atoms with Gasteiger partial charge < -0.3 is 4.57 Å². The summed E-state index contributed by atoms with van der Waals surface area (Å²) in [4.78, 5) is 24.3. The monoisotopic (exact) mass is 431 g/mol. The van der Waals surface area contributed by atoms with Crippen LogP contribution in [0.4, 0.5) is 8.78 Å². The van der Waals surface area contributed by atoms with Crippen molar-refractivity contribution in [2.75, 3.05) is 0 Å². The number of aryl methyl sites for hydroxylation is 1. The van der Waals surface area contributed by atoms with Crippen LogP contribution in [-0.2, 0) is 7.05 Å². The summed E-state index contributed by atoms with van der Waals surface area (Å²) in [5, 5.41) is 0. The maximum absolute atomic E-state index is 14.4. The third-order valence-electron chi connectivity index (χ3n) is 4.41. The van der Waals surface area contributed by atoms with E-state index in [4.69, 9.17) is 0 Å². The summed E-state index contributed by atoms with van der Waals surface area (Å²) >= 11 is 3.35. The fourth-order valence-electron chi connectivity index (χ4n) is 2.95. The van der Waals surface area contributed by atoms with Gasteiger partial charge in [0.15, 0.2) is 5.78 Å². The lowest BCUT2D eigenvalue weighted by Gasteiger charge is -2.18. The highest BCUT2D eigenvalue weighted by Crippen LogP contribution is 2.32. The Morgan fingerprint density at radius 3 is 2.41 bits per heavy atom. The Balaban J connectivity index is 2.01. The van der Waals surface area contributed by atoms with Crippen LogP contribution in [0.5, 0.6) is 0 Å². The summed E-state index contributed by atoms with van der Waals surface area (Å²) in [6, 6.07) is 13.4. The van der Waals surface area contributed by atoms with Crippen LogP contribution in [0, 0.1) is 11.6 Å². The largest absolute Gasteiger partial charge is 0.318 e. The van der Waals surface area contributed by atoms with Crippen LogP contribution in [0.25, 0.3) is 0 Å². The summed E-state index contributed by atoms with van der Waals surface area (Å²) in [7, 11) is 1.56. The van der Waals surface area contributed by atoms with Crippen molar-refractivity contribution >= 4 is 21.7 Å². The van der Waals surface area contributed by atoms with Gasteiger partial charge in [-0.2, -0.15) is 0 Å². The second-order valence-electron chi connectivity index (χ2n) is 6.26. The van der Waals surface area contributed by atoms with Crippen LogP contribution in [0.1, 0.15) is 33.8 Å². The van der Waals surface area contributed by atoms with Gasteiger partial charge in [0.25, 0.3) is 0 Å². The number of halogens is 3. The smallest absolute Gasteiger partial charge is 0.250 e. The Bertz CT molecular complexity index is 1040. The van der Waals surface area contributed by atoms with Gasteiger partial charge in [-0.3, -0.25) is 9.59 Å². The molecule has 1 atom stereocenters. The topological polar surface area (TPSA) is 39.1 Å². The maximum Gasteiger partial charge on any atom is 0.250 e. The lowest BCUT2D eigenvalue weighted by Crippen LogP contribution is -2.18. The molecule has 3 rings (SSSR count). The number of hydrogen-bond donors (Lipinski definition) is 0. The number of pyridine rings is 1. The van der Waals surface area contributed by atoms with Crippen molar-refractivity contribution in [3.63, 3.8) is 0 Å². The van der Waals surface area contributed by atoms with Crippen LogP contribution in [0.3, 0.4) is 0 Å². The zero-order chi connectivity index (χ0) is 19.6. The van der Waals surface area contributed by atoms with E-state index >= 15 is 0 Å². The van der Waals surface area contributed by atoms with Crippen molar-refractivity contribution in [1.29, 1.82) is 0 Å². The quantitative estimate of drug-likeness (QED) is 0.542. The van der Waals surface area contributed by atoms with E-state index in [0.717, 1.165) is 16.1 Å². The average molecular weight is 432 g/mol. The Morgan fingerprint density at radius 2 is 1.78 bits per heavy atom. The van der Waals surface area contributed by atoms with Crippen LogP contribution in [0.2, 0.25) is 0 Å². The molecule has 1 heterocycles. The molecule has 0 aliphatic heterocycles. The highest BCUT2D eigenvalue weighted by Gasteiger charge is 2.23. The van der Waals surface area contributed by atoms with E-state index in [2.05, 4.69) is 15.9 Å². The summed E-state index contributed by atoms with van der Waals surface area (Å²) in [6.45, 7) is 0. The van der Waals surface area contributed by atoms with Gasteiger partial charge in [0.1, 0.15) is 11.6 Å². The number of ketones is 1. The summed E-state index contributed by atoms with van der Waals surface area (Å²) < 4.78 is 29.9. The minimum atomic E-state index is -0.698. The number of benzene rings is 2. The van der Waals surface area contributed by atoms with Crippen molar-refractivity contribution in [1.82, 2.24) is 4.57 Å². The Morgan fingerprint density at radius 1 is 1.07 bits per heavy atom. The molecule has 0 aliphatic carbocycles. The second kappa shape index (κ2) is 7.96. The van der Waals surface area contributed by atoms with E-state index in [1.165, 1.54) is 35.0 Å². The van der Waals surface area contributed by atoms with Crippen molar-refractivity contribution in [2.24, 2.45) is 7.05 Å². The van der Waals surface area contributed by atoms with E-state index in [-0.39, 0.29) is 23.3 Å². The van der Waals surface area contributed by atoms with E-state index in [9.17, 15) is 18.4 Å². The molecule has 0 saturated heterocycles. The van der Waals surface area contributed by atoms with Crippen LogP contribution in [0.15, 0.2) is 70.1 Å². The van der Waals surface area contributed by atoms with Crippen molar-refractivity contribution in [3.8, 4) is 0 Å². The molecule has 6 heteroatoms. The Kier molecular flexibility index (Phi) is 5.65. The van der Waals surface area contributed by atoms with Crippen LogP contribution in [-0.4, -0.2) is 10.4 Å². The molecule has 27 heavy (non-hydrogen) atoms. The molecule has 2 aromatic carbocycles. The van der Waals surface area contributed by atoms with Gasteiger partial charge in [0, 0.05) is 47.8 Å². The average Bonchev–Trinajstić information content (AvgIpc) is 2.63. The number of carbonyl (C=O) groups excluding carboxylic acids is 1. The minimum absolute atomic E-state index is 0.0115. The molecular formula is C21H16BrF2NO2. The molecule has 0 saturated carbocycles. The number of nitrogens with zero attached hydrogens (tertiary/aromatic N) is 1. The first-order chi connectivity index (χ1) is 12.8. The van der Waals surface area contributed by atoms with Gasteiger partial charge in [0.05, 0.1) is 0 Å². The van der Waals surface area contributed by atoms with Gasteiger partial charge >= 0.3 is 0 Å². The number of aromatic nitrogens is 1. The van der Waals surface area contributed by atoms with E-state index in [0.29, 0.717) is 5.56 Å². The molecule has 0 N–H and O–H groups in total. The highest BCUT2D eigenvalue weighted by atomic mass is 79.9. The second-order valence-corrected chi connectivity index (χ2v) is 7.18. The van der Waals surface area contributed by atoms with E-state index in [1.807, 2.05) is 0 Å². The first-order valence-corrected chi connectivity index (χ1v) is 9.05. The zero-order valence-electron chi connectivity index (χ0n) is 14.5. The molecule has 0 amide bonds. The molecule has 3 aromatic rings. The SMILES string of the molecule is Cn1cc(C(=O)CC(c2ccc(Br)cc2)c2ccc(F)cc2F)ccc1=O. The molecular weight excluding hydrogens is 416 g/mol. The number of carbonyl (C=O) groups is 1. The predicted molar refractivity (Wildman–Crippen MR) is 103 cm³/mol. The van der Waals surface area contributed by atoms with Gasteiger partial charge in [0.2, 0.25) is 5.56 Å². The fourth-order valence-corrected chi connectivity index (χ4v) is 3.21. The number of Topliss-reactive ketones (excluding diaryl/α,β-unsaturated/α-hetero) is 1. The van der Waals surface area contributed by atoms with Crippen molar-refractivity contribution in [2.45, 2.75) is 12.3 Å². The Hall–Kier alpha value is -2.60. The first kappa shape index (κ1) is 19.2. The molecule has 0 aliphatic rings. The maximum atomic E-state index is 14.4. The molecule has 1 aromatic heterocycles. The summed E-state index contributed by atoms with van der Waals surface area (Å²) in [5.41, 5.74) is 1.13. The van der Waals surface area contributed by atoms with Gasteiger partial charge in [-0.25, -0.2) is 8.78 Å². The molecule has 3 nitrogen and oxygen atoms in total. The first-order valence-electron chi connectivity index (χ1n) is 8.25. The van der Waals surface area contributed by atoms with E-state index < -0.39 is 17.6 Å². The molecule has 1 unspecified atom stereocenters. The number of hydrogen-bond acceptors (Lipinski definition) is 2. The highest BCUT2D eigenvalue weighted by molar-refractivity contribution is 9.10. The van der Waals surface area contributed by atoms with Crippen LogP contribution < -0.4 is 5.56 Å². The number of rotatable bonds is 5. The molecule has 0 radical (unpaired) electrons. The standard InChI is InChI=1S/C21H16BrF2NO2/c1-25-12-14(4-9-21(25)27)20(26)11-18(13-2-5-15(22)6-3-13)17-8-7-16(23)10-19(17)24/h2-10,12,18H,11H2,1H3. The van der Waals surface area contributed by atoms with Gasteiger partial charge in [-0.1, -0.05) is 34.1 Å². The normalized spacial score (nSPS) is 12.0. The lowest BCUT2D eigenvalue weighted by molar-refractivity contribution is 0.0976. The van der Waals surface area contributed by atoms with Crippen LogP contribution >= 0.6 is 15.9 Å². The van der Waals surface area contributed by atoms with E-state index in [1.54, 1.807) is 31.3 Å². The third kappa shape index (κ3) is 4.39. The minimum Gasteiger partial charge on any atom is -0.318 e. The third-order valence-corrected chi connectivity index (χ3v) is 4.94. The predicted octanol–water partition coefficient (Wildman–Crippen LogP) is 4.83. The van der Waals surface area contributed by atoms with Crippen molar-refractivity contribution < 1.29 is 13.6 Å². The van der Waals surface area contributed by atoms with Gasteiger partial charge in [-0.15, -0.1) is 0 Å².